The van der Waals surface area contributed by atoms with Gasteiger partial charge in [-0.15, -0.1) is 0 Å². The van der Waals surface area contributed by atoms with E-state index in [1.165, 1.54) is 0 Å². The molecule has 24 heavy (non-hydrogen) atoms. The van der Waals surface area contributed by atoms with E-state index in [9.17, 15) is 14.4 Å². The number of hydrogen-bond donors (Lipinski definition) is 3. The third-order valence-electron chi connectivity index (χ3n) is 5.08. The number of hydrogen-bond acceptors (Lipinski definition) is 4. The topological polar surface area (TPSA) is 110 Å². The SMILES string of the molecule is O=C=NCC1CCCC(CNC(=O)N2CCc3[nH][nH]c(=O)c3C2)C1. The monoisotopic (exact) mass is 333 g/mol. The fourth-order valence-electron chi connectivity index (χ4n) is 3.75. The van der Waals surface area contributed by atoms with Crippen LogP contribution in [0.15, 0.2) is 9.79 Å². The molecule has 1 aliphatic heterocycles. The van der Waals surface area contributed by atoms with Gasteiger partial charge in [0.15, 0.2) is 0 Å². The molecule has 1 fully saturated rings. The number of nitrogens with zero attached hydrogens (tertiary/aromatic N) is 2. The van der Waals surface area contributed by atoms with E-state index in [0.29, 0.717) is 50.0 Å². The smallest absolute Gasteiger partial charge is 0.317 e. The molecule has 8 heteroatoms. The van der Waals surface area contributed by atoms with Gasteiger partial charge in [0.2, 0.25) is 6.08 Å². The van der Waals surface area contributed by atoms with Crippen LogP contribution >= 0.6 is 0 Å². The van der Waals surface area contributed by atoms with E-state index in [-0.39, 0.29) is 11.6 Å². The maximum atomic E-state index is 12.4. The highest BCUT2D eigenvalue weighted by Gasteiger charge is 2.26. The highest BCUT2D eigenvalue weighted by molar-refractivity contribution is 5.74. The second-order valence-electron chi connectivity index (χ2n) is 6.72. The first-order chi connectivity index (χ1) is 11.7. The first-order valence-corrected chi connectivity index (χ1v) is 8.52. The number of isocyanates is 1. The number of aromatic nitrogens is 2. The molecule has 0 radical (unpaired) electrons. The summed E-state index contributed by atoms with van der Waals surface area (Å²) in [5.74, 6) is 0.837. The van der Waals surface area contributed by atoms with Crippen molar-refractivity contribution in [2.24, 2.45) is 16.8 Å². The summed E-state index contributed by atoms with van der Waals surface area (Å²) < 4.78 is 0. The molecule has 0 bridgehead atoms. The number of aliphatic imine (C=N–C) groups is 1. The molecule has 1 aromatic heterocycles. The maximum absolute atomic E-state index is 12.4. The normalized spacial score (nSPS) is 23.2. The van der Waals surface area contributed by atoms with Crippen molar-refractivity contribution in [2.75, 3.05) is 19.6 Å². The lowest BCUT2D eigenvalue weighted by Crippen LogP contribution is -2.45. The zero-order chi connectivity index (χ0) is 16.9. The van der Waals surface area contributed by atoms with Gasteiger partial charge in [-0.2, -0.15) is 0 Å². The van der Waals surface area contributed by atoms with Crippen molar-refractivity contribution in [3.8, 4) is 0 Å². The van der Waals surface area contributed by atoms with Crippen molar-refractivity contribution in [1.29, 1.82) is 0 Å². The number of nitrogens with one attached hydrogen (secondary N) is 3. The molecule has 2 aliphatic rings. The number of fused-ring (bicyclic) bond motifs is 1. The molecular weight excluding hydrogens is 310 g/mol. The molecule has 8 nitrogen and oxygen atoms in total. The lowest BCUT2D eigenvalue weighted by molar-refractivity contribution is 0.185. The van der Waals surface area contributed by atoms with Crippen LogP contribution in [-0.2, 0) is 17.8 Å². The van der Waals surface area contributed by atoms with Crippen molar-refractivity contribution < 1.29 is 9.59 Å². The highest BCUT2D eigenvalue weighted by Crippen LogP contribution is 2.28. The van der Waals surface area contributed by atoms with Crippen molar-refractivity contribution in [1.82, 2.24) is 20.4 Å². The van der Waals surface area contributed by atoms with E-state index in [4.69, 9.17) is 0 Å². The summed E-state index contributed by atoms with van der Waals surface area (Å²) in [7, 11) is 0. The first kappa shape index (κ1) is 16.5. The third kappa shape index (κ3) is 3.76. The summed E-state index contributed by atoms with van der Waals surface area (Å²) in [4.78, 5) is 39.6. The largest absolute Gasteiger partial charge is 0.338 e. The fourth-order valence-corrected chi connectivity index (χ4v) is 3.75. The van der Waals surface area contributed by atoms with E-state index in [2.05, 4.69) is 20.5 Å². The Morgan fingerprint density at radius 2 is 2.17 bits per heavy atom. The van der Waals surface area contributed by atoms with Crippen LogP contribution < -0.4 is 10.9 Å². The third-order valence-corrected chi connectivity index (χ3v) is 5.08. The van der Waals surface area contributed by atoms with Crippen LogP contribution in [0.25, 0.3) is 0 Å². The molecular formula is C16H23N5O3. The van der Waals surface area contributed by atoms with Crippen molar-refractivity contribution in [2.45, 2.75) is 38.6 Å². The van der Waals surface area contributed by atoms with Crippen LogP contribution in [-0.4, -0.2) is 46.8 Å². The Hall–Kier alpha value is -2.34. The molecule has 1 saturated carbocycles. The van der Waals surface area contributed by atoms with E-state index in [1.54, 1.807) is 11.0 Å². The molecule has 3 N–H and O–H groups in total. The van der Waals surface area contributed by atoms with E-state index < -0.39 is 0 Å². The predicted molar refractivity (Wildman–Crippen MR) is 87.4 cm³/mol. The van der Waals surface area contributed by atoms with Crippen LogP contribution in [0.4, 0.5) is 4.79 Å². The Balaban J connectivity index is 1.48. The quantitative estimate of drug-likeness (QED) is 0.562. The summed E-state index contributed by atoms with van der Waals surface area (Å²) in [6, 6.07) is -0.116. The zero-order valence-electron chi connectivity index (χ0n) is 13.6. The first-order valence-electron chi connectivity index (χ1n) is 8.52. The van der Waals surface area contributed by atoms with Crippen LogP contribution in [0, 0.1) is 11.8 Å². The number of aromatic amines is 2. The average Bonchev–Trinajstić information content (AvgIpc) is 2.99. The minimum atomic E-state index is -0.145. The Kier molecular flexibility index (Phi) is 5.15. The molecule has 0 saturated heterocycles. The summed E-state index contributed by atoms with van der Waals surface area (Å²) in [6.07, 6.45) is 6.52. The number of urea groups is 1. The van der Waals surface area contributed by atoms with Crippen LogP contribution in [0.2, 0.25) is 0 Å². The summed E-state index contributed by atoms with van der Waals surface area (Å²) in [6.45, 7) is 2.13. The van der Waals surface area contributed by atoms with Gasteiger partial charge in [0.25, 0.3) is 5.56 Å². The Morgan fingerprint density at radius 1 is 1.33 bits per heavy atom. The van der Waals surface area contributed by atoms with Gasteiger partial charge in [0.1, 0.15) is 0 Å². The molecule has 2 amide bonds. The van der Waals surface area contributed by atoms with Crippen molar-refractivity contribution in [3.05, 3.63) is 21.6 Å². The second-order valence-corrected chi connectivity index (χ2v) is 6.72. The van der Waals surface area contributed by atoms with Gasteiger partial charge in [-0.05, 0) is 31.1 Å². The fraction of sp³-hybridized carbons (Fsp3) is 0.688. The summed E-state index contributed by atoms with van der Waals surface area (Å²) in [5.41, 5.74) is 1.41. The summed E-state index contributed by atoms with van der Waals surface area (Å²) in [5, 5.41) is 8.43. The molecule has 2 unspecified atom stereocenters. The lowest BCUT2D eigenvalue weighted by Gasteiger charge is -2.30. The van der Waals surface area contributed by atoms with Crippen LogP contribution in [0.5, 0.6) is 0 Å². The van der Waals surface area contributed by atoms with E-state index in [0.717, 1.165) is 31.4 Å². The Morgan fingerprint density at radius 3 is 3.00 bits per heavy atom. The van der Waals surface area contributed by atoms with Gasteiger partial charge >= 0.3 is 6.03 Å². The summed E-state index contributed by atoms with van der Waals surface area (Å²) >= 11 is 0. The van der Waals surface area contributed by atoms with Gasteiger partial charge in [-0.25, -0.2) is 14.6 Å². The second kappa shape index (κ2) is 7.49. The minimum Gasteiger partial charge on any atom is -0.338 e. The molecule has 2 atom stereocenters. The van der Waals surface area contributed by atoms with E-state index >= 15 is 0 Å². The number of carbonyl (C=O) groups is 1. The standard InChI is InChI=1S/C16H23N5O3/c22-10-17-7-11-2-1-3-12(6-11)8-18-16(24)21-5-4-14-13(9-21)15(23)20-19-14/h11-12H,1-9H2,(H,18,24)(H2,19,20,23). The number of H-pyrrole nitrogens is 2. The molecule has 2 heterocycles. The Bertz CT molecular complexity index is 688. The van der Waals surface area contributed by atoms with Gasteiger partial charge < -0.3 is 15.3 Å². The van der Waals surface area contributed by atoms with Crippen LogP contribution in [0.1, 0.15) is 36.9 Å². The number of rotatable bonds is 4. The van der Waals surface area contributed by atoms with Gasteiger partial charge in [0.05, 0.1) is 18.7 Å². The minimum absolute atomic E-state index is 0.116. The van der Waals surface area contributed by atoms with Crippen LogP contribution in [0.3, 0.4) is 0 Å². The maximum Gasteiger partial charge on any atom is 0.317 e. The molecule has 0 aromatic carbocycles. The predicted octanol–water partition coefficient (Wildman–Crippen LogP) is 0.913. The molecule has 0 spiro atoms. The average molecular weight is 333 g/mol. The molecule has 1 aliphatic carbocycles. The van der Waals surface area contributed by atoms with Gasteiger partial charge in [-0.1, -0.05) is 6.42 Å². The molecule has 1 aromatic rings. The van der Waals surface area contributed by atoms with Gasteiger partial charge in [0, 0.05) is 25.2 Å². The van der Waals surface area contributed by atoms with Gasteiger partial charge in [-0.3, -0.25) is 9.89 Å². The van der Waals surface area contributed by atoms with Crippen molar-refractivity contribution >= 4 is 12.1 Å². The molecule has 3 rings (SSSR count). The Labute approximate surface area is 139 Å². The highest BCUT2D eigenvalue weighted by atomic mass is 16.2. The molecule has 130 valence electrons. The zero-order valence-corrected chi connectivity index (χ0v) is 13.6. The lowest BCUT2D eigenvalue weighted by atomic mass is 9.81. The number of amides is 2. The van der Waals surface area contributed by atoms with E-state index in [1.807, 2.05) is 0 Å². The number of carbonyl (C=O) groups excluding carboxylic acids is 2. The van der Waals surface area contributed by atoms with Crippen molar-refractivity contribution in [3.63, 3.8) is 0 Å².